The van der Waals surface area contributed by atoms with Crippen molar-refractivity contribution < 1.29 is 14.4 Å². The molecular formula is C13H16ClN3O3. The predicted octanol–water partition coefficient (Wildman–Crippen LogP) is 1.56. The van der Waals surface area contributed by atoms with Crippen LogP contribution in [0.25, 0.3) is 0 Å². The Labute approximate surface area is 121 Å². The summed E-state index contributed by atoms with van der Waals surface area (Å²) in [5.41, 5.74) is 0. The molecule has 2 N–H and O–H groups in total. The van der Waals surface area contributed by atoms with Crippen molar-refractivity contribution >= 4 is 11.6 Å². The molecule has 0 spiro atoms. The van der Waals surface area contributed by atoms with E-state index in [1.54, 1.807) is 31.2 Å². The first kappa shape index (κ1) is 14.8. The number of benzene rings is 1. The average molecular weight is 298 g/mol. The van der Waals surface area contributed by atoms with Crippen molar-refractivity contribution in [3.63, 3.8) is 0 Å². The molecule has 0 aliphatic carbocycles. The number of ether oxygens (including phenoxy) is 1. The lowest BCUT2D eigenvalue weighted by molar-refractivity contribution is 0.106. The van der Waals surface area contributed by atoms with E-state index >= 15 is 0 Å². The first-order chi connectivity index (χ1) is 9.63. The zero-order valence-electron chi connectivity index (χ0n) is 11.0. The van der Waals surface area contributed by atoms with Crippen LogP contribution in [0.1, 0.15) is 11.7 Å². The number of hydrogen-bond donors (Lipinski definition) is 2. The highest BCUT2D eigenvalue weighted by molar-refractivity contribution is 6.30. The molecule has 0 aliphatic rings. The number of aromatic nitrogens is 2. The quantitative estimate of drug-likeness (QED) is 0.807. The van der Waals surface area contributed by atoms with Crippen LogP contribution in [-0.2, 0) is 6.54 Å². The Morgan fingerprint density at radius 2 is 2.15 bits per heavy atom. The van der Waals surface area contributed by atoms with Crippen LogP contribution in [0.4, 0.5) is 0 Å². The van der Waals surface area contributed by atoms with Crippen molar-refractivity contribution in [1.82, 2.24) is 15.5 Å². The number of nitrogens with one attached hydrogen (secondary N) is 1. The summed E-state index contributed by atoms with van der Waals surface area (Å²) in [5.74, 6) is 1.75. The second-order valence-electron chi connectivity index (χ2n) is 4.28. The number of aliphatic hydroxyl groups is 1. The first-order valence-electron chi connectivity index (χ1n) is 6.20. The summed E-state index contributed by atoms with van der Waals surface area (Å²) < 4.78 is 10.3. The van der Waals surface area contributed by atoms with Crippen molar-refractivity contribution in [2.75, 3.05) is 13.2 Å². The van der Waals surface area contributed by atoms with Gasteiger partial charge in [-0.1, -0.05) is 16.8 Å². The average Bonchev–Trinajstić information content (AvgIpc) is 2.84. The van der Waals surface area contributed by atoms with Gasteiger partial charge in [-0.3, -0.25) is 0 Å². The van der Waals surface area contributed by atoms with E-state index in [1.165, 1.54) is 0 Å². The summed E-state index contributed by atoms with van der Waals surface area (Å²) in [6.45, 7) is 2.74. The van der Waals surface area contributed by atoms with Crippen LogP contribution in [0, 0.1) is 6.92 Å². The van der Waals surface area contributed by atoms with Gasteiger partial charge >= 0.3 is 0 Å². The smallest absolute Gasteiger partial charge is 0.223 e. The number of aryl methyl sites for hydroxylation is 1. The summed E-state index contributed by atoms with van der Waals surface area (Å²) in [4.78, 5) is 4.04. The molecule has 0 radical (unpaired) electrons. The normalized spacial score (nSPS) is 12.3. The summed E-state index contributed by atoms with van der Waals surface area (Å²) in [6, 6.07) is 6.98. The van der Waals surface area contributed by atoms with Gasteiger partial charge in [0.1, 0.15) is 18.5 Å². The van der Waals surface area contributed by atoms with E-state index in [4.69, 9.17) is 20.9 Å². The summed E-state index contributed by atoms with van der Waals surface area (Å²) >= 11 is 5.77. The maximum Gasteiger partial charge on any atom is 0.223 e. The first-order valence-corrected chi connectivity index (χ1v) is 6.57. The van der Waals surface area contributed by atoms with Crippen LogP contribution in [-0.4, -0.2) is 34.5 Å². The SMILES string of the molecule is Cc1nc(CNCC(O)COc2ccc(Cl)cc2)no1. The molecule has 2 rings (SSSR count). The van der Waals surface area contributed by atoms with Gasteiger partial charge in [0.05, 0.1) is 6.54 Å². The van der Waals surface area contributed by atoms with E-state index < -0.39 is 6.10 Å². The maximum absolute atomic E-state index is 9.77. The third-order valence-electron chi connectivity index (χ3n) is 2.49. The summed E-state index contributed by atoms with van der Waals surface area (Å²) in [6.07, 6.45) is -0.626. The molecule has 108 valence electrons. The Hall–Kier alpha value is -1.63. The zero-order valence-corrected chi connectivity index (χ0v) is 11.8. The highest BCUT2D eigenvalue weighted by Crippen LogP contribution is 2.15. The van der Waals surface area contributed by atoms with Gasteiger partial charge in [0.25, 0.3) is 0 Å². The minimum Gasteiger partial charge on any atom is -0.491 e. The molecule has 0 bridgehead atoms. The van der Waals surface area contributed by atoms with Crippen LogP contribution >= 0.6 is 11.6 Å². The molecular weight excluding hydrogens is 282 g/mol. The lowest BCUT2D eigenvalue weighted by Crippen LogP contribution is -2.31. The third-order valence-corrected chi connectivity index (χ3v) is 2.74. The van der Waals surface area contributed by atoms with Crippen molar-refractivity contribution in [3.8, 4) is 5.75 Å². The molecule has 0 fully saturated rings. The second kappa shape index (κ2) is 7.23. The topological polar surface area (TPSA) is 80.4 Å². The molecule has 1 aromatic carbocycles. The fraction of sp³-hybridized carbons (Fsp3) is 0.385. The Morgan fingerprint density at radius 3 is 2.80 bits per heavy atom. The molecule has 0 aliphatic heterocycles. The Bertz CT molecular complexity index is 530. The molecule has 0 amide bonds. The molecule has 1 aromatic heterocycles. The number of aliphatic hydroxyl groups excluding tert-OH is 1. The van der Waals surface area contributed by atoms with Crippen LogP contribution < -0.4 is 10.1 Å². The van der Waals surface area contributed by atoms with E-state index in [0.29, 0.717) is 35.6 Å². The van der Waals surface area contributed by atoms with Crippen molar-refractivity contribution in [1.29, 1.82) is 0 Å². The van der Waals surface area contributed by atoms with Gasteiger partial charge in [0, 0.05) is 18.5 Å². The van der Waals surface area contributed by atoms with Gasteiger partial charge in [-0.15, -0.1) is 0 Å². The molecule has 0 saturated carbocycles. The van der Waals surface area contributed by atoms with Crippen LogP contribution in [0.5, 0.6) is 5.75 Å². The lowest BCUT2D eigenvalue weighted by atomic mass is 10.3. The molecule has 6 nitrogen and oxygen atoms in total. The Morgan fingerprint density at radius 1 is 1.40 bits per heavy atom. The highest BCUT2D eigenvalue weighted by Gasteiger charge is 2.07. The monoisotopic (exact) mass is 297 g/mol. The predicted molar refractivity (Wildman–Crippen MR) is 73.7 cm³/mol. The number of hydrogen-bond acceptors (Lipinski definition) is 6. The molecule has 20 heavy (non-hydrogen) atoms. The molecule has 0 saturated heterocycles. The summed E-state index contributed by atoms with van der Waals surface area (Å²) in [7, 11) is 0. The molecule has 1 unspecified atom stereocenters. The van der Waals surface area contributed by atoms with Gasteiger partial charge < -0.3 is 19.7 Å². The zero-order chi connectivity index (χ0) is 14.4. The molecule has 1 atom stereocenters. The Balaban J connectivity index is 1.65. The third kappa shape index (κ3) is 4.80. The lowest BCUT2D eigenvalue weighted by Gasteiger charge is -2.12. The van der Waals surface area contributed by atoms with Gasteiger partial charge in [0.15, 0.2) is 5.82 Å². The largest absolute Gasteiger partial charge is 0.491 e. The van der Waals surface area contributed by atoms with Crippen molar-refractivity contribution in [2.24, 2.45) is 0 Å². The van der Waals surface area contributed by atoms with E-state index in [1.807, 2.05) is 0 Å². The standard InChI is InChI=1S/C13H16ClN3O3/c1-9-16-13(17-20-9)7-15-6-11(18)8-19-12-4-2-10(14)3-5-12/h2-5,11,15,18H,6-8H2,1H3. The second-order valence-corrected chi connectivity index (χ2v) is 4.72. The van der Waals surface area contributed by atoms with Gasteiger partial charge in [-0.2, -0.15) is 4.98 Å². The van der Waals surface area contributed by atoms with E-state index in [-0.39, 0.29) is 6.61 Å². The number of nitrogens with zero attached hydrogens (tertiary/aromatic N) is 2. The Kier molecular flexibility index (Phi) is 5.34. The van der Waals surface area contributed by atoms with Crippen molar-refractivity contribution in [2.45, 2.75) is 19.6 Å². The minimum absolute atomic E-state index is 0.194. The maximum atomic E-state index is 9.77. The minimum atomic E-state index is -0.626. The van der Waals surface area contributed by atoms with E-state index in [0.717, 1.165) is 0 Å². The van der Waals surface area contributed by atoms with Crippen molar-refractivity contribution in [3.05, 3.63) is 41.0 Å². The fourth-order valence-electron chi connectivity index (χ4n) is 1.55. The highest BCUT2D eigenvalue weighted by atomic mass is 35.5. The fourth-order valence-corrected chi connectivity index (χ4v) is 1.67. The number of rotatable bonds is 7. The van der Waals surface area contributed by atoms with Gasteiger partial charge in [-0.05, 0) is 24.3 Å². The molecule has 2 aromatic rings. The number of halogens is 1. The van der Waals surface area contributed by atoms with Crippen LogP contribution in [0.15, 0.2) is 28.8 Å². The van der Waals surface area contributed by atoms with Crippen LogP contribution in [0.3, 0.4) is 0 Å². The van der Waals surface area contributed by atoms with E-state index in [2.05, 4.69) is 15.5 Å². The molecule has 1 heterocycles. The van der Waals surface area contributed by atoms with Gasteiger partial charge in [0.2, 0.25) is 5.89 Å². The van der Waals surface area contributed by atoms with Gasteiger partial charge in [-0.25, -0.2) is 0 Å². The van der Waals surface area contributed by atoms with E-state index in [9.17, 15) is 5.11 Å². The summed E-state index contributed by atoms with van der Waals surface area (Å²) in [5, 5.41) is 17.2. The molecule has 7 heteroatoms. The van der Waals surface area contributed by atoms with Crippen LogP contribution in [0.2, 0.25) is 5.02 Å².